The van der Waals surface area contributed by atoms with E-state index >= 15 is 0 Å². The van der Waals surface area contributed by atoms with Crippen LogP contribution in [0.1, 0.15) is 50.0 Å². The number of aromatic nitrogens is 4. The lowest BCUT2D eigenvalue weighted by Gasteiger charge is -2.39. The van der Waals surface area contributed by atoms with Crippen LogP contribution >= 0.6 is 0 Å². The minimum absolute atomic E-state index is 0.260. The van der Waals surface area contributed by atoms with Gasteiger partial charge in [0.15, 0.2) is 11.3 Å². The molecule has 2 aromatic heterocycles. The van der Waals surface area contributed by atoms with Crippen molar-refractivity contribution in [3.05, 3.63) is 40.1 Å². The lowest BCUT2D eigenvalue weighted by atomic mass is 10.1. The monoisotopic (exact) mass is 501 g/mol. The van der Waals surface area contributed by atoms with Gasteiger partial charge in [0.1, 0.15) is 11.6 Å². The third-order valence-electron chi connectivity index (χ3n) is 6.55. The van der Waals surface area contributed by atoms with Crippen molar-refractivity contribution < 1.29 is 18.2 Å². The normalized spacial score (nSPS) is 18.3. The van der Waals surface area contributed by atoms with Crippen molar-refractivity contribution in [2.45, 2.75) is 45.4 Å². The maximum atomic E-state index is 13.1. The van der Waals surface area contributed by atoms with Crippen LogP contribution in [-0.4, -0.2) is 66.3 Å². The summed E-state index contributed by atoms with van der Waals surface area (Å²) >= 11 is -2.55. The molecule has 11 nitrogen and oxygen atoms in total. The molecule has 0 bridgehead atoms. The number of imidazole rings is 1. The topological polar surface area (TPSA) is 128 Å². The number of H-pyrrole nitrogens is 1. The van der Waals surface area contributed by atoms with Gasteiger partial charge in [-0.05, 0) is 44.9 Å². The van der Waals surface area contributed by atoms with Gasteiger partial charge < -0.3 is 19.0 Å². The Hall–Kier alpha value is -2.80. The Morgan fingerprint density at radius 1 is 1.29 bits per heavy atom. The van der Waals surface area contributed by atoms with E-state index in [4.69, 9.17) is 19.6 Å². The Kier molecular flexibility index (Phi) is 6.87. The molecular weight excluding hydrogens is 472 g/mol. The van der Waals surface area contributed by atoms with Crippen molar-refractivity contribution in [2.24, 2.45) is 0 Å². The van der Waals surface area contributed by atoms with Gasteiger partial charge in [-0.2, -0.15) is 0 Å². The molecule has 1 atom stereocenters. The van der Waals surface area contributed by atoms with Gasteiger partial charge in [0.25, 0.3) is 5.56 Å². The highest BCUT2D eigenvalue weighted by Crippen LogP contribution is 2.35. The van der Waals surface area contributed by atoms with Crippen molar-refractivity contribution >= 4 is 22.5 Å². The first-order valence-electron chi connectivity index (χ1n) is 12.0. The summed E-state index contributed by atoms with van der Waals surface area (Å²) in [6.45, 7) is 5.84. The molecule has 35 heavy (non-hydrogen) atoms. The zero-order valence-electron chi connectivity index (χ0n) is 19.9. The maximum absolute atomic E-state index is 13.1. The van der Waals surface area contributed by atoms with Gasteiger partial charge in [-0.1, -0.05) is 12.8 Å². The van der Waals surface area contributed by atoms with Crippen LogP contribution in [0.4, 0.5) is 5.69 Å². The molecule has 3 aromatic rings. The highest BCUT2D eigenvalue weighted by molar-refractivity contribution is 7.80. The summed E-state index contributed by atoms with van der Waals surface area (Å²) in [6, 6.07) is 5.07. The SMILES string of the molecule is CCOc1ccc(N(N2CCOCC2)S(=O)[O-])cc1-c1nn2c(C3CCCC3)nc(C)c2c(=O)[nH]1. The first-order valence-corrected chi connectivity index (χ1v) is 13.0. The van der Waals surface area contributed by atoms with Crippen molar-refractivity contribution in [3.8, 4) is 17.1 Å². The quantitative estimate of drug-likeness (QED) is 0.489. The Bertz CT molecular complexity index is 1300. The number of aromatic amines is 1. The van der Waals surface area contributed by atoms with Gasteiger partial charge in [0.05, 0.1) is 48.0 Å². The summed E-state index contributed by atoms with van der Waals surface area (Å²) in [4.78, 5) is 20.7. The number of anilines is 1. The van der Waals surface area contributed by atoms with E-state index in [0.29, 0.717) is 66.9 Å². The number of hydrogen-bond acceptors (Lipinski definition) is 8. The van der Waals surface area contributed by atoms with Crippen molar-refractivity contribution in [1.29, 1.82) is 0 Å². The van der Waals surface area contributed by atoms with Gasteiger partial charge in [-0.15, -0.1) is 5.10 Å². The minimum atomic E-state index is -2.55. The van der Waals surface area contributed by atoms with Crippen LogP contribution in [0.3, 0.4) is 0 Å². The fourth-order valence-electron chi connectivity index (χ4n) is 4.95. The number of aryl methyl sites for hydroxylation is 1. The largest absolute Gasteiger partial charge is 0.754 e. The first-order chi connectivity index (χ1) is 17.0. The predicted molar refractivity (Wildman–Crippen MR) is 130 cm³/mol. The first kappa shape index (κ1) is 23.9. The standard InChI is InChI=1S/C23H30N6O5S/c1-3-34-19-9-8-17(29(35(31)32)27-10-12-33-13-11-27)14-18(19)21-25-23(30)20-15(2)24-22(28(20)26-21)16-6-4-5-7-16/h8-9,14,16H,3-7,10-13H2,1-2H3,(H,31,32)(H,25,26,30)/p-1. The lowest BCUT2D eigenvalue weighted by molar-refractivity contribution is 0.0407. The minimum Gasteiger partial charge on any atom is -0.754 e. The third kappa shape index (κ3) is 4.58. The van der Waals surface area contributed by atoms with Crippen LogP contribution < -0.4 is 14.7 Å². The zero-order valence-corrected chi connectivity index (χ0v) is 20.7. The number of nitrogens with one attached hydrogen (secondary N) is 1. The fraction of sp³-hybridized carbons (Fsp3) is 0.522. The second-order valence-electron chi connectivity index (χ2n) is 8.77. The third-order valence-corrected chi connectivity index (χ3v) is 7.27. The number of nitrogens with zero attached hydrogens (tertiary/aromatic N) is 5. The summed E-state index contributed by atoms with van der Waals surface area (Å²) in [5.41, 5.74) is 1.69. The highest BCUT2D eigenvalue weighted by atomic mass is 32.2. The fourth-order valence-corrected chi connectivity index (χ4v) is 5.58. The molecule has 1 aliphatic carbocycles. The van der Waals surface area contributed by atoms with Gasteiger partial charge in [-0.3, -0.25) is 9.00 Å². The number of rotatable bonds is 7. The van der Waals surface area contributed by atoms with Gasteiger partial charge >= 0.3 is 0 Å². The van der Waals surface area contributed by atoms with Crippen molar-refractivity contribution in [3.63, 3.8) is 0 Å². The number of ether oxygens (including phenoxy) is 2. The van der Waals surface area contributed by atoms with Crippen molar-refractivity contribution in [2.75, 3.05) is 37.3 Å². The number of benzene rings is 1. The molecular formula is C23H29N6O5S-. The number of hydrazine groups is 1. The molecule has 0 radical (unpaired) electrons. The van der Waals surface area contributed by atoms with E-state index in [-0.39, 0.29) is 11.5 Å². The molecule has 1 saturated heterocycles. The molecule has 0 amide bonds. The molecule has 1 N–H and O–H groups in total. The molecule has 1 aliphatic heterocycles. The molecule has 1 aromatic carbocycles. The molecule has 2 fully saturated rings. The van der Waals surface area contributed by atoms with Crippen LogP contribution in [0, 0.1) is 6.92 Å². The van der Waals surface area contributed by atoms with Crippen LogP contribution in [0.2, 0.25) is 0 Å². The summed E-state index contributed by atoms with van der Waals surface area (Å²) < 4.78 is 38.5. The Labute approximate surface area is 205 Å². The number of hydrogen-bond donors (Lipinski definition) is 1. The molecule has 12 heteroatoms. The average Bonchev–Trinajstić information content (AvgIpc) is 3.49. The smallest absolute Gasteiger partial charge is 0.277 e. The van der Waals surface area contributed by atoms with Gasteiger partial charge in [-0.25, -0.2) is 18.9 Å². The second-order valence-corrected chi connectivity index (χ2v) is 9.55. The predicted octanol–water partition coefficient (Wildman–Crippen LogP) is 2.30. The highest BCUT2D eigenvalue weighted by Gasteiger charge is 2.26. The van der Waals surface area contributed by atoms with E-state index in [1.165, 1.54) is 4.41 Å². The summed E-state index contributed by atoms with van der Waals surface area (Å²) in [6.07, 6.45) is 4.31. The lowest BCUT2D eigenvalue weighted by Crippen LogP contribution is -2.49. The number of fused-ring (bicyclic) bond motifs is 1. The number of morpholine rings is 1. The van der Waals surface area contributed by atoms with E-state index in [2.05, 4.69) is 4.98 Å². The second kappa shape index (κ2) is 10.1. The van der Waals surface area contributed by atoms with Crippen LogP contribution in [0.5, 0.6) is 5.75 Å². The van der Waals surface area contributed by atoms with Gasteiger partial charge in [0.2, 0.25) is 0 Å². The van der Waals surface area contributed by atoms with E-state index in [1.807, 2.05) is 13.8 Å². The molecule has 3 heterocycles. The van der Waals surface area contributed by atoms with Crippen LogP contribution in [0.15, 0.2) is 23.0 Å². The molecule has 5 rings (SSSR count). The molecule has 0 spiro atoms. The van der Waals surface area contributed by atoms with Crippen LogP contribution in [0.25, 0.3) is 16.9 Å². The summed E-state index contributed by atoms with van der Waals surface area (Å²) in [5, 5.41) is 6.50. The molecule has 1 saturated carbocycles. The van der Waals surface area contributed by atoms with E-state index in [0.717, 1.165) is 31.5 Å². The summed E-state index contributed by atoms with van der Waals surface area (Å²) in [5.74, 6) is 1.85. The Morgan fingerprint density at radius 2 is 2.03 bits per heavy atom. The van der Waals surface area contributed by atoms with Crippen molar-refractivity contribution in [1.82, 2.24) is 24.6 Å². The molecule has 2 aliphatic rings. The molecule has 1 unspecified atom stereocenters. The van der Waals surface area contributed by atoms with E-state index in [1.54, 1.807) is 27.7 Å². The Morgan fingerprint density at radius 3 is 2.71 bits per heavy atom. The zero-order chi connectivity index (χ0) is 24.5. The summed E-state index contributed by atoms with van der Waals surface area (Å²) in [7, 11) is 0. The van der Waals surface area contributed by atoms with Crippen LogP contribution in [-0.2, 0) is 16.0 Å². The Balaban J connectivity index is 1.65. The molecule has 188 valence electrons. The average molecular weight is 502 g/mol. The van der Waals surface area contributed by atoms with Gasteiger partial charge in [0, 0.05) is 19.0 Å². The van der Waals surface area contributed by atoms with E-state index in [9.17, 15) is 13.6 Å². The van der Waals surface area contributed by atoms with E-state index < -0.39 is 11.3 Å². The maximum Gasteiger partial charge on any atom is 0.277 e.